The lowest BCUT2D eigenvalue weighted by Crippen LogP contribution is -2.55. The maximum absolute atomic E-state index is 12.8. The Morgan fingerprint density at radius 2 is 2.00 bits per heavy atom. The second-order valence-electron chi connectivity index (χ2n) is 6.21. The number of fused-ring (bicyclic) bond motifs is 1. The number of rotatable bonds is 4. The van der Waals surface area contributed by atoms with Gasteiger partial charge in [0.15, 0.2) is 11.5 Å². The number of carbonyl (C=O) groups is 1. The number of amides is 1. The standard InChI is InChI=1S/C18H25NO4/c1-21-16-8-7-13(11-17(16)22-2)12-18(20)19-9-10-23-15-6-4-3-5-14(15)19/h7-8,11,14-15H,3-6,9-10,12H2,1-2H3/t14-,15-/m0/s1. The Morgan fingerprint density at radius 1 is 1.22 bits per heavy atom. The van der Waals surface area contributed by atoms with E-state index in [4.69, 9.17) is 14.2 Å². The summed E-state index contributed by atoms with van der Waals surface area (Å²) in [7, 11) is 3.22. The molecule has 0 N–H and O–H groups in total. The van der Waals surface area contributed by atoms with Crippen LogP contribution in [0.2, 0.25) is 0 Å². The molecule has 3 rings (SSSR count). The molecule has 1 aromatic carbocycles. The summed E-state index contributed by atoms with van der Waals surface area (Å²) in [6.45, 7) is 1.35. The first-order valence-corrected chi connectivity index (χ1v) is 8.35. The highest BCUT2D eigenvalue weighted by molar-refractivity contribution is 5.79. The van der Waals surface area contributed by atoms with Crippen molar-refractivity contribution in [1.29, 1.82) is 0 Å². The van der Waals surface area contributed by atoms with E-state index in [1.807, 2.05) is 23.1 Å². The highest BCUT2D eigenvalue weighted by atomic mass is 16.5. The average Bonchev–Trinajstić information content (AvgIpc) is 2.61. The van der Waals surface area contributed by atoms with Gasteiger partial charge < -0.3 is 19.1 Å². The molecule has 1 amide bonds. The predicted octanol–water partition coefficient (Wildman–Crippen LogP) is 2.42. The van der Waals surface area contributed by atoms with Crippen LogP contribution >= 0.6 is 0 Å². The number of hydrogen-bond donors (Lipinski definition) is 0. The number of benzene rings is 1. The molecule has 0 bridgehead atoms. The van der Waals surface area contributed by atoms with Crippen LogP contribution in [0.1, 0.15) is 31.2 Å². The van der Waals surface area contributed by atoms with Gasteiger partial charge in [0.05, 0.1) is 39.4 Å². The van der Waals surface area contributed by atoms with E-state index < -0.39 is 0 Å². The van der Waals surface area contributed by atoms with E-state index in [1.54, 1.807) is 14.2 Å². The first kappa shape index (κ1) is 16.1. The fourth-order valence-corrected chi connectivity index (χ4v) is 3.67. The topological polar surface area (TPSA) is 48.0 Å². The van der Waals surface area contributed by atoms with E-state index in [1.165, 1.54) is 12.8 Å². The maximum Gasteiger partial charge on any atom is 0.227 e. The third-order valence-electron chi connectivity index (χ3n) is 4.86. The van der Waals surface area contributed by atoms with Crippen LogP contribution in [0.3, 0.4) is 0 Å². The molecule has 5 heteroatoms. The van der Waals surface area contributed by atoms with Crippen molar-refractivity contribution in [3.63, 3.8) is 0 Å². The van der Waals surface area contributed by atoms with E-state index in [0.29, 0.717) is 31.1 Å². The minimum Gasteiger partial charge on any atom is -0.493 e. The molecule has 2 aliphatic rings. The van der Waals surface area contributed by atoms with Crippen molar-refractivity contribution in [3.8, 4) is 11.5 Å². The number of carbonyl (C=O) groups excluding carboxylic acids is 1. The third kappa shape index (κ3) is 3.44. The van der Waals surface area contributed by atoms with E-state index in [9.17, 15) is 4.79 Å². The van der Waals surface area contributed by atoms with Crippen molar-refractivity contribution >= 4 is 5.91 Å². The summed E-state index contributed by atoms with van der Waals surface area (Å²) in [5, 5.41) is 0. The Hall–Kier alpha value is -1.75. The summed E-state index contributed by atoms with van der Waals surface area (Å²) in [4.78, 5) is 14.8. The molecule has 0 radical (unpaired) electrons. The molecule has 126 valence electrons. The predicted molar refractivity (Wildman–Crippen MR) is 87.0 cm³/mol. The van der Waals surface area contributed by atoms with Crippen LogP contribution in [0.4, 0.5) is 0 Å². The summed E-state index contributed by atoms with van der Waals surface area (Å²) >= 11 is 0. The Morgan fingerprint density at radius 3 is 2.78 bits per heavy atom. The summed E-state index contributed by atoms with van der Waals surface area (Å²) in [5.74, 6) is 1.52. The van der Waals surface area contributed by atoms with Crippen molar-refractivity contribution in [2.75, 3.05) is 27.4 Å². The van der Waals surface area contributed by atoms with E-state index in [-0.39, 0.29) is 18.1 Å². The summed E-state index contributed by atoms with van der Waals surface area (Å²) in [6.07, 6.45) is 5.15. The zero-order valence-electron chi connectivity index (χ0n) is 13.9. The van der Waals surface area contributed by atoms with Gasteiger partial charge in [-0.25, -0.2) is 0 Å². The van der Waals surface area contributed by atoms with Gasteiger partial charge in [-0.2, -0.15) is 0 Å². The monoisotopic (exact) mass is 319 g/mol. The minimum atomic E-state index is 0.178. The average molecular weight is 319 g/mol. The molecular weight excluding hydrogens is 294 g/mol. The van der Waals surface area contributed by atoms with Gasteiger partial charge in [0, 0.05) is 6.54 Å². The Balaban J connectivity index is 1.70. The number of ether oxygens (including phenoxy) is 3. The highest BCUT2D eigenvalue weighted by Crippen LogP contribution is 2.30. The molecule has 0 unspecified atom stereocenters. The van der Waals surface area contributed by atoms with Gasteiger partial charge in [0.2, 0.25) is 5.91 Å². The van der Waals surface area contributed by atoms with Crippen molar-refractivity contribution < 1.29 is 19.0 Å². The third-order valence-corrected chi connectivity index (χ3v) is 4.86. The van der Waals surface area contributed by atoms with Crippen molar-refractivity contribution in [2.24, 2.45) is 0 Å². The normalized spacial score (nSPS) is 24.0. The second kappa shape index (κ2) is 7.21. The lowest BCUT2D eigenvalue weighted by atomic mass is 9.90. The van der Waals surface area contributed by atoms with E-state index >= 15 is 0 Å². The van der Waals surface area contributed by atoms with Crippen molar-refractivity contribution in [2.45, 2.75) is 44.2 Å². The minimum absolute atomic E-state index is 0.178. The molecule has 0 spiro atoms. The first-order valence-electron chi connectivity index (χ1n) is 8.35. The number of nitrogens with zero attached hydrogens (tertiary/aromatic N) is 1. The molecule has 2 atom stereocenters. The SMILES string of the molecule is COc1ccc(CC(=O)N2CCO[C@H]3CCCC[C@@H]32)cc1OC. The number of hydrogen-bond acceptors (Lipinski definition) is 4. The van der Waals surface area contributed by atoms with Crippen LogP contribution in [0.25, 0.3) is 0 Å². The van der Waals surface area contributed by atoms with Gasteiger partial charge in [-0.1, -0.05) is 18.9 Å². The molecule has 1 aromatic rings. The van der Waals surface area contributed by atoms with Gasteiger partial charge in [-0.05, 0) is 30.5 Å². The summed E-state index contributed by atoms with van der Waals surface area (Å²) < 4.78 is 16.4. The fraction of sp³-hybridized carbons (Fsp3) is 0.611. The summed E-state index contributed by atoms with van der Waals surface area (Å²) in [6, 6.07) is 5.92. The van der Waals surface area contributed by atoms with Crippen LogP contribution in [-0.4, -0.2) is 50.3 Å². The largest absolute Gasteiger partial charge is 0.493 e. The molecular formula is C18H25NO4. The van der Waals surface area contributed by atoms with Gasteiger partial charge in [-0.15, -0.1) is 0 Å². The van der Waals surface area contributed by atoms with Crippen molar-refractivity contribution in [3.05, 3.63) is 23.8 Å². The number of morpholine rings is 1. The molecule has 1 aliphatic heterocycles. The Kier molecular flexibility index (Phi) is 5.06. The molecule has 2 fully saturated rings. The van der Waals surface area contributed by atoms with Crippen LogP contribution in [0.15, 0.2) is 18.2 Å². The molecule has 1 saturated heterocycles. The smallest absolute Gasteiger partial charge is 0.227 e. The summed E-state index contributed by atoms with van der Waals surface area (Å²) in [5.41, 5.74) is 0.950. The zero-order valence-corrected chi connectivity index (χ0v) is 13.9. The van der Waals surface area contributed by atoms with Crippen LogP contribution in [0.5, 0.6) is 11.5 Å². The molecule has 1 heterocycles. The fourth-order valence-electron chi connectivity index (χ4n) is 3.67. The van der Waals surface area contributed by atoms with Gasteiger partial charge in [0.1, 0.15) is 0 Å². The molecule has 5 nitrogen and oxygen atoms in total. The molecule has 0 aromatic heterocycles. The molecule has 1 aliphatic carbocycles. The Bertz CT molecular complexity index is 558. The van der Waals surface area contributed by atoms with Crippen LogP contribution in [0, 0.1) is 0 Å². The lowest BCUT2D eigenvalue weighted by molar-refractivity contribution is -0.148. The van der Waals surface area contributed by atoms with E-state index in [2.05, 4.69) is 0 Å². The van der Waals surface area contributed by atoms with E-state index in [0.717, 1.165) is 18.4 Å². The van der Waals surface area contributed by atoms with Gasteiger partial charge >= 0.3 is 0 Å². The quantitative estimate of drug-likeness (QED) is 0.855. The maximum atomic E-state index is 12.8. The van der Waals surface area contributed by atoms with Gasteiger partial charge in [0.25, 0.3) is 0 Å². The Labute approximate surface area is 137 Å². The number of methoxy groups -OCH3 is 2. The second-order valence-corrected chi connectivity index (χ2v) is 6.21. The van der Waals surface area contributed by atoms with Crippen LogP contribution < -0.4 is 9.47 Å². The molecule has 23 heavy (non-hydrogen) atoms. The lowest BCUT2D eigenvalue weighted by Gasteiger charge is -2.43. The molecule has 1 saturated carbocycles. The first-order chi connectivity index (χ1) is 11.2. The van der Waals surface area contributed by atoms with Gasteiger partial charge in [-0.3, -0.25) is 4.79 Å². The highest BCUT2D eigenvalue weighted by Gasteiger charge is 2.36. The zero-order chi connectivity index (χ0) is 16.2. The van der Waals surface area contributed by atoms with Crippen LogP contribution in [-0.2, 0) is 16.0 Å². The van der Waals surface area contributed by atoms with Crippen molar-refractivity contribution in [1.82, 2.24) is 4.90 Å².